The van der Waals surface area contributed by atoms with Gasteiger partial charge in [0.2, 0.25) is 0 Å². The van der Waals surface area contributed by atoms with Gasteiger partial charge < -0.3 is 10.0 Å². The first-order valence-electron chi connectivity index (χ1n) is 9.87. The Balaban J connectivity index is 1.53. The van der Waals surface area contributed by atoms with Crippen molar-refractivity contribution in [3.8, 4) is 5.69 Å². The maximum Gasteiger partial charge on any atom is 0.312 e. The summed E-state index contributed by atoms with van der Waals surface area (Å²) in [7, 11) is 0. The molecule has 2 heterocycles. The van der Waals surface area contributed by atoms with Crippen LogP contribution in [-0.4, -0.2) is 38.2 Å². The minimum Gasteiger partial charge on any atom is -0.481 e. The minimum atomic E-state index is -0.912. The summed E-state index contributed by atoms with van der Waals surface area (Å²) in [6.45, 7) is 0.557. The highest BCUT2D eigenvalue weighted by molar-refractivity contribution is 5.94. The van der Waals surface area contributed by atoms with E-state index in [0.29, 0.717) is 18.2 Å². The van der Waals surface area contributed by atoms with E-state index >= 15 is 0 Å². The zero-order valence-corrected chi connectivity index (χ0v) is 15.9. The summed E-state index contributed by atoms with van der Waals surface area (Å²) >= 11 is 0. The summed E-state index contributed by atoms with van der Waals surface area (Å²) < 4.78 is 1.70. The number of nitrogens with zero attached hydrogens (tertiary/aromatic N) is 3. The molecule has 1 N–H and O–H groups in total. The third kappa shape index (κ3) is 3.20. The monoisotopic (exact) mass is 387 g/mol. The van der Waals surface area contributed by atoms with Gasteiger partial charge in [0, 0.05) is 19.0 Å². The molecular formula is C23H21N3O3. The van der Waals surface area contributed by atoms with Crippen molar-refractivity contribution < 1.29 is 14.7 Å². The molecule has 0 radical (unpaired) electrons. The average molecular weight is 387 g/mol. The fourth-order valence-corrected chi connectivity index (χ4v) is 4.03. The molecular weight excluding hydrogens is 366 g/mol. The van der Waals surface area contributed by atoms with E-state index in [2.05, 4.69) is 0 Å². The van der Waals surface area contributed by atoms with Crippen molar-refractivity contribution in [3.63, 3.8) is 0 Å². The summed E-state index contributed by atoms with van der Waals surface area (Å²) in [4.78, 5) is 27.0. The maximum atomic E-state index is 13.5. The summed E-state index contributed by atoms with van der Waals surface area (Å²) in [6.07, 6.45) is 2.19. The van der Waals surface area contributed by atoms with Crippen LogP contribution in [0, 0.1) is 0 Å². The zero-order chi connectivity index (χ0) is 20.0. The van der Waals surface area contributed by atoms with Crippen LogP contribution in [0.2, 0.25) is 0 Å². The lowest BCUT2D eigenvalue weighted by Gasteiger charge is -2.32. The quantitative estimate of drug-likeness (QED) is 0.743. The first-order valence-corrected chi connectivity index (χ1v) is 9.87. The number of amides is 1. The molecule has 2 aromatic carbocycles. The highest BCUT2D eigenvalue weighted by Gasteiger charge is 2.35. The second kappa shape index (κ2) is 6.88. The molecule has 1 aliphatic carbocycles. The second-order valence-electron chi connectivity index (χ2n) is 7.75. The van der Waals surface area contributed by atoms with Crippen LogP contribution in [0.25, 0.3) is 5.69 Å². The topological polar surface area (TPSA) is 75.4 Å². The lowest BCUT2D eigenvalue weighted by molar-refractivity contribution is -0.139. The molecule has 1 unspecified atom stereocenters. The number of carbonyl (C=O) groups excluding carboxylic acids is 1. The molecule has 5 rings (SSSR count). The number of benzene rings is 2. The Morgan fingerprint density at radius 1 is 1.00 bits per heavy atom. The lowest BCUT2D eigenvalue weighted by atomic mass is 9.89. The molecule has 1 amide bonds. The molecule has 3 aromatic rings. The molecule has 1 aliphatic heterocycles. The number of hydrogen-bond acceptors (Lipinski definition) is 3. The van der Waals surface area contributed by atoms with Gasteiger partial charge in [0.05, 0.1) is 17.3 Å². The summed E-state index contributed by atoms with van der Waals surface area (Å²) in [5, 5.41) is 14.4. The van der Waals surface area contributed by atoms with E-state index in [4.69, 9.17) is 5.10 Å². The van der Waals surface area contributed by atoms with E-state index < -0.39 is 11.9 Å². The molecule has 6 heteroatoms. The number of carbonyl (C=O) groups is 2. The van der Waals surface area contributed by atoms with E-state index in [1.165, 1.54) is 0 Å². The Morgan fingerprint density at radius 2 is 1.72 bits per heavy atom. The number of rotatable bonds is 4. The Kier molecular flexibility index (Phi) is 4.19. The van der Waals surface area contributed by atoms with Gasteiger partial charge in [0.1, 0.15) is 5.69 Å². The van der Waals surface area contributed by atoms with Crippen LogP contribution in [0.15, 0.2) is 60.7 Å². The first-order chi connectivity index (χ1) is 14.1. The van der Waals surface area contributed by atoms with E-state index in [0.717, 1.165) is 35.3 Å². The normalized spacial score (nSPS) is 18.3. The fourth-order valence-electron chi connectivity index (χ4n) is 4.03. The smallest absolute Gasteiger partial charge is 0.312 e. The van der Waals surface area contributed by atoms with E-state index in [9.17, 15) is 14.7 Å². The molecule has 0 saturated heterocycles. The molecule has 1 saturated carbocycles. The van der Waals surface area contributed by atoms with Gasteiger partial charge in [-0.05, 0) is 42.2 Å². The zero-order valence-electron chi connectivity index (χ0n) is 15.9. The van der Waals surface area contributed by atoms with Gasteiger partial charge in [-0.2, -0.15) is 5.10 Å². The SMILES string of the molecule is O=C(O)C1CN(C(=O)c2cc(C3CC3)nn2-c2ccccc2)Cc2ccccc21. The molecule has 0 spiro atoms. The van der Waals surface area contributed by atoms with Gasteiger partial charge in [-0.25, -0.2) is 4.68 Å². The molecule has 1 aromatic heterocycles. The van der Waals surface area contributed by atoms with Crippen molar-refractivity contribution in [1.29, 1.82) is 0 Å². The Morgan fingerprint density at radius 3 is 2.45 bits per heavy atom. The number of fused-ring (bicyclic) bond motifs is 1. The van der Waals surface area contributed by atoms with Crippen molar-refractivity contribution in [1.82, 2.24) is 14.7 Å². The third-order valence-electron chi connectivity index (χ3n) is 5.72. The number of hydrogen-bond donors (Lipinski definition) is 1. The lowest BCUT2D eigenvalue weighted by Crippen LogP contribution is -2.41. The molecule has 6 nitrogen and oxygen atoms in total. The standard InChI is InChI=1S/C23H21N3O3/c27-22(25-13-16-6-4-5-9-18(16)19(14-25)23(28)29)21-12-20(15-10-11-15)24-26(21)17-7-2-1-3-8-17/h1-9,12,15,19H,10-11,13-14H2,(H,28,29). The number of para-hydroxylation sites is 1. The number of aromatic nitrogens is 2. The predicted molar refractivity (Wildman–Crippen MR) is 107 cm³/mol. The van der Waals surface area contributed by atoms with Crippen LogP contribution in [0.3, 0.4) is 0 Å². The largest absolute Gasteiger partial charge is 0.481 e. The van der Waals surface area contributed by atoms with Crippen LogP contribution >= 0.6 is 0 Å². The molecule has 1 fully saturated rings. The van der Waals surface area contributed by atoms with Crippen LogP contribution in [0.5, 0.6) is 0 Å². The van der Waals surface area contributed by atoms with Crippen LogP contribution < -0.4 is 0 Å². The van der Waals surface area contributed by atoms with E-state index in [-0.39, 0.29) is 12.5 Å². The van der Waals surface area contributed by atoms with Crippen molar-refractivity contribution in [2.24, 2.45) is 0 Å². The van der Waals surface area contributed by atoms with E-state index in [1.807, 2.05) is 60.7 Å². The van der Waals surface area contributed by atoms with Crippen molar-refractivity contribution >= 4 is 11.9 Å². The Labute approximate surface area is 168 Å². The van der Waals surface area contributed by atoms with Crippen molar-refractivity contribution in [3.05, 3.63) is 83.2 Å². The Hall–Kier alpha value is -3.41. The van der Waals surface area contributed by atoms with E-state index in [1.54, 1.807) is 9.58 Å². The molecule has 2 aliphatic rings. The average Bonchev–Trinajstić information content (AvgIpc) is 3.51. The highest BCUT2D eigenvalue weighted by Crippen LogP contribution is 2.40. The van der Waals surface area contributed by atoms with Crippen LogP contribution in [-0.2, 0) is 11.3 Å². The number of carboxylic acids is 1. The van der Waals surface area contributed by atoms with Gasteiger partial charge in [-0.3, -0.25) is 9.59 Å². The minimum absolute atomic E-state index is 0.157. The fraction of sp³-hybridized carbons (Fsp3) is 0.261. The molecule has 29 heavy (non-hydrogen) atoms. The van der Waals surface area contributed by atoms with Crippen LogP contribution in [0.4, 0.5) is 0 Å². The molecule has 146 valence electrons. The molecule has 1 atom stereocenters. The Bertz CT molecular complexity index is 1090. The number of aliphatic carboxylic acids is 1. The summed E-state index contributed by atoms with van der Waals surface area (Å²) in [5.74, 6) is -1.40. The van der Waals surface area contributed by atoms with Gasteiger partial charge in [0.25, 0.3) is 5.91 Å². The van der Waals surface area contributed by atoms with Crippen molar-refractivity contribution in [2.75, 3.05) is 6.54 Å². The highest BCUT2D eigenvalue weighted by atomic mass is 16.4. The molecule has 0 bridgehead atoms. The summed E-state index contributed by atoms with van der Waals surface area (Å²) in [5.41, 5.74) is 3.92. The summed E-state index contributed by atoms with van der Waals surface area (Å²) in [6, 6.07) is 18.9. The van der Waals surface area contributed by atoms with Gasteiger partial charge in [-0.15, -0.1) is 0 Å². The van der Waals surface area contributed by atoms with Crippen LogP contribution in [0.1, 0.15) is 52.0 Å². The van der Waals surface area contributed by atoms with Gasteiger partial charge in [-0.1, -0.05) is 42.5 Å². The predicted octanol–water partition coefficient (Wildman–Crippen LogP) is 3.57. The van der Waals surface area contributed by atoms with Crippen molar-refractivity contribution in [2.45, 2.75) is 31.2 Å². The maximum absolute atomic E-state index is 13.5. The van der Waals surface area contributed by atoms with Gasteiger partial charge in [0.15, 0.2) is 0 Å². The first kappa shape index (κ1) is 17.7. The number of carboxylic acid groups (broad SMARTS) is 1. The van der Waals surface area contributed by atoms with Gasteiger partial charge >= 0.3 is 5.97 Å². The third-order valence-corrected chi connectivity index (χ3v) is 5.72. The second-order valence-corrected chi connectivity index (χ2v) is 7.75.